The summed E-state index contributed by atoms with van der Waals surface area (Å²) in [6.45, 7) is 2.05. The summed E-state index contributed by atoms with van der Waals surface area (Å²) in [6, 6.07) is 6.16. The highest BCUT2D eigenvalue weighted by molar-refractivity contribution is 6.11. The van der Waals surface area contributed by atoms with E-state index in [1.54, 1.807) is 0 Å². The first-order valence-corrected chi connectivity index (χ1v) is 6.20. The van der Waals surface area contributed by atoms with Crippen molar-refractivity contribution in [2.45, 2.75) is 26.2 Å². The van der Waals surface area contributed by atoms with Crippen LogP contribution in [0.15, 0.2) is 30.0 Å². The molecule has 0 bridgehead atoms. The standard InChI is InChI=1S/C15H15NO2/c1-9-5-6-13-12(7-9)11-4-2-3-10(8-17)15(18)14(11)16-13/h5-8,16-17H,2-4H2,1H3/b10-8+. The van der Waals surface area contributed by atoms with E-state index in [9.17, 15) is 4.79 Å². The maximum atomic E-state index is 12.3. The van der Waals surface area contributed by atoms with Crippen molar-refractivity contribution in [1.82, 2.24) is 4.98 Å². The van der Waals surface area contributed by atoms with Crippen molar-refractivity contribution in [3.8, 4) is 0 Å². The molecule has 1 aliphatic carbocycles. The van der Waals surface area contributed by atoms with Gasteiger partial charge in [0.15, 0.2) is 0 Å². The number of H-pyrrole nitrogens is 1. The summed E-state index contributed by atoms with van der Waals surface area (Å²) in [5.74, 6) is -0.0705. The molecule has 0 saturated heterocycles. The van der Waals surface area contributed by atoms with E-state index in [0.717, 1.165) is 35.6 Å². The molecule has 0 amide bonds. The van der Waals surface area contributed by atoms with Crippen molar-refractivity contribution >= 4 is 16.7 Å². The second kappa shape index (κ2) is 4.02. The van der Waals surface area contributed by atoms with Gasteiger partial charge >= 0.3 is 0 Å². The third-order valence-corrected chi connectivity index (χ3v) is 3.61. The molecule has 1 aromatic heterocycles. The Morgan fingerprint density at radius 1 is 1.33 bits per heavy atom. The highest BCUT2D eigenvalue weighted by Gasteiger charge is 2.23. The first kappa shape index (κ1) is 11.1. The fourth-order valence-electron chi connectivity index (χ4n) is 2.67. The van der Waals surface area contributed by atoms with Gasteiger partial charge in [0, 0.05) is 16.5 Å². The van der Waals surface area contributed by atoms with Crippen molar-refractivity contribution in [3.63, 3.8) is 0 Å². The molecule has 0 saturated carbocycles. The smallest absolute Gasteiger partial charge is 0.208 e. The number of aliphatic hydroxyl groups is 1. The summed E-state index contributed by atoms with van der Waals surface area (Å²) in [6.07, 6.45) is 3.37. The number of Topliss-reactive ketones (excluding diaryl/α,β-unsaturated/α-hetero) is 1. The van der Waals surface area contributed by atoms with Gasteiger partial charge in [-0.15, -0.1) is 0 Å². The van der Waals surface area contributed by atoms with E-state index in [-0.39, 0.29) is 5.78 Å². The van der Waals surface area contributed by atoms with E-state index < -0.39 is 0 Å². The number of aromatic amines is 1. The zero-order valence-electron chi connectivity index (χ0n) is 10.3. The molecule has 0 spiro atoms. The molecule has 0 aliphatic heterocycles. The quantitative estimate of drug-likeness (QED) is 0.421. The van der Waals surface area contributed by atoms with Gasteiger partial charge in [-0.3, -0.25) is 4.79 Å². The highest BCUT2D eigenvalue weighted by atomic mass is 16.2. The number of aliphatic hydroxyl groups excluding tert-OH is 1. The number of benzene rings is 1. The molecule has 2 aromatic rings. The van der Waals surface area contributed by atoms with Gasteiger partial charge in [0.1, 0.15) is 0 Å². The van der Waals surface area contributed by atoms with Crippen molar-refractivity contribution in [1.29, 1.82) is 0 Å². The average molecular weight is 241 g/mol. The average Bonchev–Trinajstić information content (AvgIpc) is 2.64. The molecule has 3 heteroatoms. The van der Waals surface area contributed by atoms with Crippen molar-refractivity contribution < 1.29 is 9.90 Å². The minimum absolute atomic E-state index is 0.0705. The number of aryl methyl sites for hydroxylation is 2. The van der Waals surface area contributed by atoms with E-state index in [1.165, 1.54) is 5.56 Å². The Morgan fingerprint density at radius 3 is 2.94 bits per heavy atom. The molecular weight excluding hydrogens is 226 g/mol. The number of carbonyl (C=O) groups excluding carboxylic acids is 1. The van der Waals surface area contributed by atoms with Crippen LogP contribution < -0.4 is 0 Å². The summed E-state index contributed by atoms with van der Waals surface area (Å²) >= 11 is 0. The van der Waals surface area contributed by atoms with E-state index in [1.807, 2.05) is 12.1 Å². The Morgan fingerprint density at radius 2 is 2.17 bits per heavy atom. The topological polar surface area (TPSA) is 53.1 Å². The Bertz CT molecular complexity index is 664. The molecule has 0 radical (unpaired) electrons. The third kappa shape index (κ3) is 1.55. The van der Waals surface area contributed by atoms with Gasteiger partial charge in [0.25, 0.3) is 0 Å². The second-order valence-corrected chi connectivity index (χ2v) is 4.86. The summed E-state index contributed by atoms with van der Waals surface area (Å²) in [5, 5.41) is 10.3. The van der Waals surface area contributed by atoms with Crippen LogP contribution in [0.25, 0.3) is 10.9 Å². The predicted molar refractivity (Wildman–Crippen MR) is 71.0 cm³/mol. The van der Waals surface area contributed by atoms with Crippen LogP contribution in [0.4, 0.5) is 0 Å². The Hall–Kier alpha value is -2.03. The summed E-state index contributed by atoms with van der Waals surface area (Å²) in [4.78, 5) is 15.5. The Balaban J connectivity index is 2.27. The molecule has 18 heavy (non-hydrogen) atoms. The fourth-order valence-corrected chi connectivity index (χ4v) is 2.67. The normalized spacial score (nSPS) is 18.1. The number of nitrogens with one attached hydrogen (secondary N) is 1. The molecule has 0 atom stereocenters. The molecule has 1 aliphatic rings. The predicted octanol–water partition coefficient (Wildman–Crippen LogP) is 3.44. The number of ketones is 1. The van der Waals surface area contributed by atoms with Crippen LogP contribution in [0.1, 0.15) is 34.5 Å². The molecule has 1 aromatic carbocycles. The van der Waals surface area contributed by atoms with Gasteiger partial charge in [-0.25, -0.2) is 0 Å². The highest BCUT2D eigenvalue weighted by Crippen LogP contribution is 2.30. The van der Waals surface area contributed by atoms with E-state index in [4.69, 9.17) is 5.11 Å². The first-order valence-electron chi connectivity index (χ1n) is 6.20. The lowest BCUT2D eigenvalue weighted by molar-refractivity contribution is 0.102. The lowest BCUT2D eigenvalue weighted by atomic mass is 10.0. The van der Waals surface area contributed by atoms with Gasteiger partial charge in [0.2, 0.25) is 5.78 Å². The molecule has 0 unspecified atom stereocenters. The van der Waals surface area contributed by atoms with Crippen LogP contribution in [-0.2, 0) is 6.42 Å². The maximum Gasteiger partial charge on any atom is 0.208 e. The number of rotatable bonds is 0. The molecular formula is C15H15NO2. The van der Waals surface area contributed by atoms with E-state index in [0.29, 0.717) is 17.7 Å². The number of hydrogen-bond donors (Lipinski definition) is 2. The van der Waals surface area contributed by atoms with Crippen LogP contribution in [0.2, 0.25) is 0 Å². The minimum atomic E-state index is -0.0705. The van der Waals surface area contributed by atoms with Gasteiger partial charge in [-0.05, 0) is 43.9 Å². The SMILES string of the molecule is Cc1ccc2[nH]c3c(c2c1)CCC/C(=C\O)C3=O. The first-order chi connectivity index (χ1) is 8.70. The number of aromatic nitrogens is 1. The van der Waals surface area contributed by atoms with Crippen molar-refractivity contribution in [2.75, 3.05) is 0 Å². The lowest BCUT2D eigenvalue weighted by Gasteiger charge is -1.98. The van der Waals surface area contributed by atoms with Gasteiger partial charge in [-0.2, -0.15) is 0 Å². The van der Waals surface area contributed by atoms with E-state index >= 15 is 0 Å². The third-order valence-electron chi connectivity index (χ3n) is 3.61. The van der Waals surface area contributed by atoms with Gasteiger partial charge in [-0.1, -0.05) is 11.6 Å². The zero-order valence-corrected chi connectivity index (χ0v) is 10.3. The van der Waals surface area contributed by atoms with Crippen molar-refractivity contribution in [2.24, 2.45) is 0 Å². The van der Waals surface area contributed by atoms with Crippen LogP contribution in [-0.4, -0.2) is 15.9 Å². The largest absolute Gasteiger partial charge is 0.515 e. The van der Waals surface area contributed by atoms with Gasteiger partial charge < -0.3 is 10.1 Å². The monoisotopic (exact) mass is 241 g/mol. The van der Waals surface area contributed by atoms with Crippen LogP contribution in [0, 0.1) is 6.92 Å². The minimum Gasteiger partial charge on any atom is -0.515 e. The molecule has 92 valence electrons. The Kier molecular flexibility index (Phi) is 2.47. The molecule has 3 nitrogen and oxygen atoms in total. The second-order valence-electron chi connectivity index (χ2n) is 4.86. The fraction of sp³-hybridized carbons (Fsp3) is 0.267. The number of allylic oxidation sites excluding steroid dienone is 1. The van der Waals surface area contributed by atoms with Gasteiger partial charge in [0.05, 0.1) is 12.0 Å². The number of fused-ring (bicyclic) bond motifs is 3. The van der Waals surface area contributed by atoms with Crippen LogP contribution in [0.5, 0.6) is 0 Å². The van der Waals surface area contributed by atoms with Crippen LogP contribution in [0.3, 0.4) is 0 Å². The zero-order chi connectivity index (χ0) is 12.7. The Labute approximate surface area is 105 Å². The van der Waals surface area contributed by atoms with Crippen LogP contribution >= 0.6 is 0 Å². The van der Waals surface area contributed by atoms with E-state index in [2.05, 4.69) is 18.0 Å². The number of carbonyl (C=O) groups is 1. The van der Waals surface area contributed by atoms with Crippen molar-refractivity contribution in [3.05, 3.63) is 46.9 Å². The molecule has 0 fully saturated rings. The maximum absolute atomic E-state index is 12.3. The molecule has 3 rings (SSSR count). The lowest BCUT2D eigenvalue weighted by Crippen LogP contribution is -2.03. The summed E-state index contributed by atoms with van der Waals surface area (Å²) in [5.41, 5.74) is 4.43. The molecule has 1 heterocycles. The summed E-state index contributed by atoms with van der Waals surface area (Å²) in [7, 11) is 0. The summed E-state index contributed by atoms with van der Waals surface area (Å²) < 4.78 is 0. The number of hydrogen-bond acceptors (Lipinski definition) is 2. The molecule has 2 N–H and O–H groups in total.